The van der Waals surface area contributed by atoms with E-state index in [9.17, 15) is 9.35 Å². The highest BCUT2D eigenvalue weighted by Gasteiger charge is 2.18. The van der Waals surface area contributed by atoms with Crippen LogP contribution in [0.15, 0.2) is 17.4 Å². The van der Waals surface area contributed by atoms with Crippen LogP contribution in [0.4, 0.5) is 5.82 Å². The summed E-state index contributed by atoms with van der Waals surface area (Å²) in [5.74, 6) is 0.634. The topological polar surface area (TPSA) is 77.9 Å². The van der Waals surface area contributed by atoms with Gasteiger partial charge in [0.2, 0.25) is 0 Å². The fraction of sp³-hybridized carbons (Fsp3) is 0.500. The van der Waals surface area contributed by atoms with E-state index in [0.717, 1.165) is 18.4 Å². The largest absolute Gasteiger partial charge is 0.609 e. The van der Waals surface area contributed by atoms with Crippen molar-refractivity contribution >= 4 is 28.9 Å². The maximum atomic E-state index is 11.5. The zero-order chi connectivity index (χ0) is 14.5. The van der Waals surface area contributed by atoms with Crippen molar-refractivity contribution in [2.24, 2.45) is 0 Å². The van der Waals surface area contributed by atoms with Gasteiger partial charge in [0.25, 0.3) is 0 Å². The molecule has 1 N–H and O–H groups in total. The number of carbonyl (C=O) groups is 1. The minimum Gasteiger partial charge on any atom is -0.609 e. The van der Waals surface area contributed by atoms with Gasteiger partial charge in [0.1, 0.15) is 12.1 Å². The second kappa shape index (κ2) is 6.85. The number of hydrogen-bond acceptors (Lipinski definition) is 5. The highest BCUT2D eigenvalue weighted by Crippen LogP contribution is 2.24. The number of ketones is 1. The quantitative estimate of drug-likeness (QED) is 0.511. The summed E-state index contributed by atoms with van der Waals surface area (Å²) in [4.78, 5) is 19.5. The zero-order valence-electron chi connectivity index (χ0n) is 11.8. The summed E-state index contributed by atoms with van der Waals surface area (Å²) in [6.45, 7) is 1.50. The van der Waals surface area contributed by atoms with Crippen LogP contribution in [0.1, 0.15) is 38.2 Å². The third-order valence-electron chi connectivity index (χ3n) is 3.25. The second-order valence-corrected chi connectivity index (χ2v) is 6.25. The van der Waals surface area contributed by atoms with Gasteiger partial charge in [-0.2, -0.15) is 9.97 Å². The maximum absolute atomic E-state index is 11.5. The average Bonchev–Trinajstić information content (AvgIpc) is 2.89. The first-order chi connectivity index (χ1) is 9.56. The van der Waals surface area contributed by atoms with E-state index in [2.05, 4.69) is 15.3 Å². The van der Waals surface area contributed by atoms with Gasteiger partial charge in [-0.1, -0.05) is 12.8 Å². The van der Waals surface area contributed by atoms with Crippen LogP contribution < -0.4 is 5.32 Å². The van der Waals surface area contributed by atoms with E-state index in [1.54, 1.807) is 18.5 Å². The summed E-state index contributed by atoms with van der Waals surface area (Å²) in [5.41, 5.74) is 0.751. The van der Waals surface area contributed by atoms with Gasteiger partial charge in [0, 0.05) is 29.0 Å². The zero-order valence-corrected chi connectivity index (χ0v) is 12.6. The number of hydrogen-bond donors (Lipinski definition) is 1. The molecule has 108 valence electrons. The molecule has 0 radical (unpaired) electrons. The number of anilines is 1. The van der Waals surface area contributed by atoms with E-state index in [0.29, 0.717) is 17.0 Å². The van der Waals surface area contributed by atoms with Gasteiger partial charge >= 0.3 is 5.16 Å². The van der Waals surface area contributed by atoms with E-state index in [4.69, 9.17) is 0 Å². The SMILES string of the molecule is CC(=O)C=Cc1cnc([S+](C)[O-])nc1NC1CCCC1. The molecule has 5 nitrogen and oxygen atoms in total. The third-order valence-corrected chi connectivity index (χ3v) is 3.96. The van der Waals surface area contributed by atoms with Crippen LogP contribution in [-0.4, -0.2) is 32.6 Å². The Hall–Kier alpha value is -1.40. The Morgan fingerprint density at radius 2 is 2.20 bits per heavy atom. The van der Waals surface area contributed by atoms with E-state index >= 15 is 0 Å². The van der Waals surface area contributed by atoms with E-state index in [-0.39, 0.29) is 5.78 Å². The smallest absolute Gasteiger partial charge is 0.344 e. The molecule has 1 unspecified atom stereocenters. The molecule has 0 amide bonds. The Morgan fingerprint density at radius 1 is 1.50 bits per heavy atom. The normalized spacial score (nSPS) is 17.6. The van der Waals surface area contributed by atoms with Gasteiger partial charge in [0.05, 0.1) is 0 Å². The van der Waals surface area contributed by atoms with Gasteiger partial charge in [0.15, 0.2) is 5.78 Å². The number of rotatable bonds is 5. The average molecular weight is 293 g/mol. The first kappa shape index (κ1) is 15.0. The van der Waals surface area contributed by atoms with Crippen LogP contribution in [-0.2, 0) is 16.0 Å². The molecular weight excluding hydrogens is 274 g/mol. The van der Waals surface area contributed by atoms with Crippen molar-refractivity contribution in [3.63, 3.8) is 0 Å². The van der Waals surface area contributed by atoms with Crippen LogP contribution in [0.25, 0.3) is 6.08 Å². The lowest BCUT2D eigenvalue weighted by molar-refractivity contribution is -0.112. The van der Waals surface area contributed by atoms with Crippen molar-refractivity contribution in [3.05, 3.63) is 17.8 Å². The van der Waals surface area contributed by atoms with Crippen LogP contribution in [0, 0.1) is 0 Å². The van der Waals surface area contributed by atoms with Crippen molar-refractivity contribution in [2.45, 2.75) is 43.8 Å². The second-order valence-electron chi connectivity index (χ2n) is 4.98. The van der Waals surface area contributed by atoms with Crippen LogP contribution in [0.2, 0.25) is 0 Å². The Bertz CT molecular complexity index is 511. The molecule has 0 aliphatic heterocycles. The van der Waals surface area contributed by atoms with Gasteiger partial charge in [-0.3, -0.25) is 4.79 Å². The molecule has 20 heavy (non-hydrogen) atoms. The molecule has 6 heteroatoms. The van der Waals surface area contributed by atoms with Crippen LogP contribution >= 0.6 is 0 Å². The first-order valence-corrected chi connectivity index (χ1v) is 8.27. The van der Waals surface area contributed by atoms with Gasteiger partial charge < -0.3 is 9.87 Å². The molecule has 1 saturated carbocycles. The molecule has 0 bridgehead atoms. The minimum atomic E-state index is -1.22. The van der Waals surface area contributed by atoms with Crippen molar-refractivity contribution < 1.29 is 9.35 Å². The monoisotopic (exact) mass is 293 g/mol. The number of nitrogens with zero attached hydrogens (tertiary/aromatic N) is 2. The highest BCUT2D eigenvalue weighted by molar-refractivity contribution is 7.90. The first-order valence-electron chi connectivity index (χ1n) is 6.72. The predicted octanol–water partition coefficient (Wildman–Crippen LogP) is 2.17. The standard InChI is InChI=1S/C14H19N3O2S/c1-10(18)7-8-11-9-15-14(20(2)19)17-13(11)16-12-5-3-4-6-12/h7-9,12H,3-6H2,1-2H3,(H,15,16,17). The van der Waals surface area contributed by atoms with Crippen molar-refractivity contribution in [1.82, 2.24) is 9.97 Å². The van der Waals surface area contributed by atoms with Gasteiger partial charge in [-0.25, -0.2) is 0 Å². The predicted molar refractivity (Wildman–Crippen MR) is 80.0 cm³/mol. The van der Waals surface area contributed by atoms with Gasteiger partial charge in [-0.15, -0.1) is 0 Å². The summed E-state index contributed by atoms with van der Waals surface area (Å²) in [5, 5.41) is 3.69. The maximum Gasteiger partial charge on any atom is 0.344 e. The van der Waals surface area contributed by atoms with Crippen molar-refractivity contribution in [3.8, 4) is 0 Å². The molecule has 1 atom stereocenters. The van der Waals surface area contributed by atoms with Crippen molar-refractivity contribution in [2.75, 3.05) is 11.6 Å². The molecule has 2 rings (SSSR count). The van der Waals surface area contributed by atoms with E-state index in [1.807, 2.05) is 0 Å². The van der Waals surface area contributed by atoms with E-state index < -0.39 is 11.2 Å². The molecule has 1 heterocycles. The molecule has 1 aromatic heterocycles. The van der Waals surface area contributed by atoms with Gasteiger partial charge in [-0.05, 0) is 31.9 Å². The molecular formula is C14H19N3O2S. The third kappa shape index (κ3) is 4.05. The van der Waals surface area contributed by atoms with Crippen LogP contribution in [0.5, 0.6) is 0 Å². The summed E-state index contributed by atoms with van der Waals surface area (Å²) in [6, 6.07) is 0.396. The summed E-state index contributed by atoms with van der Waals surface area (Å²) in [7, 11) is 0. The minimum absolute atomic E-state index is 0.0278. The number of nitrogens with one attached hydrogen (secondary N) is 1. The lowest BCUT2D eigenvalue weighted by atomic mass is 10.2. The Labute approximate surface area is 122 Å². The molecule has 1 aromatic rings. The number of aromatic nitrogens is 2. The van der Waals surface area contributed by atoms with Crippen LogP contribution in [0.3, 0.4) is 0 Å². The number of carbonyl (C=O) groups excluding carboxylic acids is 1. The Balaban J connectivity index is 2.26. The Kier molecular flexibility index (Phi) is 5.14. The lowest BCUT2D eigenvalue weighted by Gasteiger charge is -2.15. The molecule has 0 saturated heterocycles. The molecule has 1 aliphatic rings. The molecule has 1 fully saturated rings. The molecule has 0 aromatic carbocycles. The molecule has 1 aliphatic carbocycles. The number of allylic oxidation sites excluding steroid dienone is 1. The molecule has 0 spiro atoms. The highest BCUT2D eigenvalue weighted by atomic mass is 32.2. The van der Waals surface area contributed by atoms with Crippen molar-refractivity contribution in [1.29, 1.82) is 0 Å². The van der Waals surface area contributed by atoms with E-state index in [1.165, 1.54) is 25.8 Å². The summed E-state index contributed by atoms with van der Waals surface area (Å²) >= 11 is -1.22. The summed E-state index contributed by atoms with van der Waals surface area (Å²) in [6.07, 6.45) is 11.0. The Morgan fingerprint density at radius 3 is 2.80 bits per heavy atom. The fourth-order valence-corrected chi connectivity index (χ4v) is 2.64. The fourth-order valence-electron chi connectivity index (χ4n) is 2.22. The summed E-state index contributed by atoms with van der Waals surface area (Å²) < 4.78 is 11.5. The lowest BCUT2D eigenvalue weighted by Crippen LogP contribution is -2.18.